The highest BCUT2D eigenvalue weighted by Gasteiger charge is 2.33. The number of ether oxygens (including phenoxy) is 1. The van der Waals surface area contributed by atoms with Crippen molar-refractivity contribution < 1.29 is 17.6 Å². The second kappa shape index (κ2) is 8.90. The van der Waals surface area contributed by atoms with Crippen LogP contribution < -0.4 is 10.5 Å². The Bertz CT molecular complexity index is 1370. The maximum Gasteiger partial charge on any atom is 0.227 e. The molecular formula is C24H21BrN2O4S. The highest BCUT2D eigenvalue weighted by molar-refractivity contribution is 9.10. The Kier molecular flexibility index (Phi) is 6.19. The Morgan fingerprint density at radius 2 is 1.66 bits per heavy atom. The molecule has 8 heteroatoms. The number of hydrogen-bond acceptors (Lipinski definition) is 6. The summed E-state index contributed by atoms with van der Waals surface area (Å²) in [6.07, 6.45) is 0. The zero-order valence-electron chi connectivity index (χ0n) is 17.4. The van der Waals surface area contributed by atoms with Crippen LogP contribution in [0.5, 0.6) is 5.75 Å². The van der Waals surface area contributed by atoms with E-state index in [1.807, 2.05) is 37.3 Å². The summed E-state index contributed by atoms with van der Waals surface area (Å²) in [4.78, 5) is 4.52. The van der Waals surface area contributed by atoms with Gasteiger partial charge in [-0.2, -0.15) is 4.98 Å². The van der Waals surface area contributed by atoms with Crippen LogP contribution in [0.4, 0.5) is 0 Å². The molecule has 0 aliphatic carbocycles. The molecule has 0 bridgehead atoms. The van der Waals surface area contributed by atoms with Crippen LogP contribution in [0.25, 0.3) is 11.5 Å². The maximum atomic E-state index is 13.6. The molecule has 1 heterocycles. The number of methoxy groups -OCH3 is 1. The van der Waals surface area contributed by atoms with Crippen molar-refractivity contribution in [2.75, 3.05) is 7.11 Å². The minimum atomic E-state index is -4.01. The first-order valence-electron chi connectivity index (χ1n) is 9.79. The summed E-state index contributed by atoms with van der Waals surface area (Å²) in [6.45, 7) is 1.91. The molecule has 0 aliphatic rings. The SMILES string of the molecule is COc1ccccc1C(N)c1oc(-c2ccccc2C)nc1S(=O)(=O)c1ccc(Br)cc1. The van der Waals surface area contributed by atoms with E-state index in [2.05, 4.69) is 20.9 Å². The van der Waals surface area contributed by atoms with Crippen molar-refractivity contribution in [1.82, 2.24) is 4.98 Å². The van der Waals surface area contributed by atoms with Gasteiger partial charge >= 0.3 is 0 Å². The van der Waals surface area contributed by atoms with Crippen molar-refractivity contribution in [3.8, 4) is 17.2 Å². The van der Waals surface area contributed by atoms with Crippen molar-refractivity contribution in [3.63, 3.8) is 0 Å². The number of rotatable bonds is 6. The van der Waals surface area contributed by atoms with Gasteiger partial charge in [0.05, 0.1) is 18.0 Å². The molecule has 4 aromatic rings. The second-order valence-electron chi connectivity index (χ2n) is 7.18. The molecule has 32 heavy (non-hydrogen) atoms. The molecule has 0 saturated heterocycles. The Morgan fingerprint density at radius 1 is 1.00 bits per heavy atom. The third kappa shape index (κ3) is 4.09. The summed E-state index contributed by atoms with van der Waals surface area (Å²) in [5, 5.41) is -0.212. The Balaban J connectivity index is 1.94. The average molecular weight is 513 g/mol. The molecule has 0 fully saturated rings. The Hall–Kier alpha value is -2.94. The minimum Gasteiger partial charge on any atom is -0.496 e. The number of halogens is 1. The van der Waals surface area contributed by atoms with E-state index in [4.69, 9.17) is 14.9 Å². The molecule has 0 radical (unpaired) electrons. The molecule has 1 aromatic heterocycles. The number of aromatic nitrogens is 1. The minimum absolute atomic E-state index is 0.0515. The number of nitrogens with two attached hydrogens (primary N) is 1. The van der Waals surface area contributed by atoms with Gasteiger partial charge in [0, 0.05) is 15.6 Å². The number of sulfone groups is 1. The number of para-hydroxylation sites is 1. The van der Waals surface area contributed by atoms with Gasteiger partial charge in [-0.15, -0.1) is 0 Å². The molecule has 1 unspecified atom stereocenters. The topological polar surface area (TPSA) is 95.4 Å². The number of aryl methyl sites for hydroxylation is 1. The highest BCUT2D eigenvalue weighted by Crippen LogP contribution is 2.37. The highest BCUT2D eigenvalue weighted by atomic mass is 79.9. The molecule has 0 amide bonds. The van der Waals surface area contributed by atoms with Gasteiger partial charge in [0.25, 0.3) is 0 Å². The van der Waals surface area contributed by atoms with Crippen molar-refractivity contribution in [3.05, 3.63) is 94.2 Å². The first-order valence-corrected chi connectivity index (χ1v) is 12.1. The predicted octanol–water partition coefficient (Wildman–Crippen LogP) is 5.30. The van der Waals surface area contributed by atoms with Crippen LogP contribution in [0.3, 0.4) is 0 Å². The van der Waals surface area contributed by atoms with Crippen LogP contribution in [0, 0.1) is 6.92 Å². The maximum absolute atomic E-state index is 13.6. The zero-order chi connectivity index (χ0) is 22.9. The Labute approximate surface area is 195 Å². The van der Waals surface area contributed by atoms with E-state index in [1.165, 1.54) is 19.2 Å². The van der Waals surface area contributed by atoms with E-state index < -0.39 is 15.9 Å². The molecule has 3 aromatic carbocycles. The van der Waals surface area contributed by atoms with Crippen LogP contribution in [0.2, 0.25) is 0 Å². The second-order valence-corrected chi connectivity index (χ2v) is 9.96. The average Bonchev–Trinajstić information content (AvgIpc) is 3.25. The standard InChI is InChI=1S/C24H21BrN2O4S/c1-15-7-3-4-8-18(15)23-27-24(32(28,29)17-13-11-16(25)12-14-17)22(31-23)21(26)19-9-5-6-10-20(19)30-2/h3-14,21H,26H2,1-2H3. The fraction of sp³-hybridized carbons (Fsp3) is 0.125. The van der Waals surface area contributed by atoms with Crippen molar-refractivity contribution >= 4 is 25.8 Å². The van der Waals surface area contributed by atoms with E-state index in [9.17, 15) is 8.42 Å². The van der Waals surface area contributed by atoms with Gasteiger partial charge in [0.2, 0.25) is 20.8 Å². The van der Waals surface area contributed by atoms with E-state index in [0.29, 0.717) is 16.9 Å². The summed E-state index contributed by atoms with van der Waals surface area (Å²) in [5.74, 6) is 0.774. The third-order valence-electron chi connectivity index (χ3n) is 5.13. The van der Waals surface area contributed by atoms with Gasteiger partial charge in [0.1, 0.15) is 5.75 Å². The first kappa shape index (κ1) is 22.3. The van der Waals surface area contributed by atoms with Crippen LogP contribution >= 0.6 is 15.9 Å². The van der Waals surface area contributed by atoms with Crippen LogP contribution in [0.15, 0.2) is 91.6 Å². The van der Waals surface area contributed by atoms with Crippen molar-refractivity contribution in [2.45, 2.75) is 22.9 Å². The monoisotopic (exact) mass is 512 g/mol. The molecule has 0 aliphatic heterocycles. The predicted molar refractivity (Wildman–Crippen MR) is 125 cm³/mol. The van der Waals surface area contributed by atoms with Gasteiger partial charge in [-0.25, -0.2) is 8.42 Å². The smallest absolute Gasteiger partial charge is 0.227 e. The number of hydrogen-bond donors (Lipinski definition) is 1. The largest absolute Gasteiger partial charge is 0.496 e. The summed E-state index contributed by atoms with van der Waals surface area (Å²) in [6, 6.07) is 20.1. The third-order valence-corrected chi connectivity index (χ3v) is 7.35. The van der Waals surface area contributed by atoms with Crippen molar-refractivity contribution in [2.24, 2.45) is 5.73 Å². The number of oxazole rings is 1. The van der Waals surface area contributed by atoms with Gasteiger partial charge in [-0.05, 0) is 48.9 Å². The lowest BCUT2D eigenvalue weighted by Crippen LogP contribution is -2.16. The Morgan fingerprint density at radius 3 is 2.34 bits per heavy atom. The molecule has 4 rings (SSSR count). The van der Waals surface area contributed by atoms with Crippen LogP contribution in [-0.4, -0.2) is 20.5 Å². The summed E-state index contributed by atoms with van der Waals surface area (Å²) in [5.41, 5.74) is 8.72. The lowest BCUT2D eigenvalue weighted by molar-refractivity contribution is 0.402. The van der Waals surface area contributed by atoms with Crippen molar-refractivity contribution in [1.29, 1.82) is 0 Å². The normalized spacial score (nSPS) is 12.5. The molecule has 0 spiro atoms. The summed E-state index contributed by atoms with van der Waals surface area (Å²) in [7, 11) is -2.47. The fourth-order valence-electron chi connectivity index (χ4n) is 3.43. The van der Waals surface area contributed by atoms with Gasteiger partial charge in [0.15, 0.2) is 5.76 Å². The zero-order valence-corrected chi connectivity index (χ0v) is 19.9. The lowest BCUT2D eigenvalue weighted by atomic mass is 10.0. The molecule has 1 atom stereocenters. The number of benzene rings is 3. The molecular weight excluding hydrogens is 492 g/mol. The summed E-state index contributed by atoms with van der Waals surface area (Å²) < 4.78 is 39.4. The van der Waals surface area contributed by atoms with Crippen LogP contribution in [-0.2, 0) is 9.84 Å². The van der Waals surface area contributed by atoms with Crippen LogP contribution in [0.1, 0.15) is 22.9 Å². The van der Waals surface area contributed by atoms with E-state index in [1.54, 1.807) is 30.3 Å². The first-order chi connectivity index (χ1) is 15.3. The van der Waals surface area contributed by atoms with E-state index in [-0.39, 0.29) is 21.6 Å². The van der Waals surface area contributed by atoms with Gasteiger partial charge in [-0.3, -0.25) is 0 Å². The van der Waals surface area contributed by atoms with Gasteiger partial charge in [-0.1, -0.05) is 52.3 Å². The molecule has 0 saturated carbocycles. The fourth-order valence-corrected chi connectivity index (χ4v) is 5.04. The molecule has 6 nitrogen and oxygen atoms in total. The van der Waals surface area contributed by atoms with E-state index in [0.717, 1.165) is 10.0 Å². The number of nitrogens with zero attached hydrogens (tertiary/aromatic N) is 1. The lowest BCUT2D eigenvalue weighted by Gasteiger charge is -2.14. The quantitative estimate of drug-likeness (QED) is 0.376. The van der Waals surface area contributed by atoms with E-state index >= 15 is 0 Å². The molecule has 164 valence electrons. The van der Waals surface area contributed by atoms with Gasteiger partial charge < -0.3 is 14.9 Å². The molecule has 2 N–H and O–H groups in total. The summed E-state index contributed by atoms with van der Waals surface area (Å²) >= 11 is 3.33.